The second kappa shape index (κ2) is 5.66. The van der Waals surface area contributed by atoms with Crippen LogP contribution in [0.4, 0.5) is 10.8 Å². The van der Waals surface area contributed by atoms with E-state index in [1.54, 1.807) is 18.2 Å². The van der Waals surface area contributed by atoms with Gasteiger partial charge in [-0.2, -0.15) is 0 Å². The first-order valence-electron chi connectivity index (χ1n) is 6.04. The SMILES string of the molecule is Nc1nc(-c2cccc([N+](=O)[O-])c2)c(-c2ccnc(Cl)n2)s1. The third-order valence-corrected chi connectivity index (χ3v) is 3.92. The number of hydrogen-bond acceptors (Lipinski definition) is 7. The fourth-order valence-corrected chi connectivity index (χ4v) is 2.91. The van der Waals surface area contributed by atoms with Gasteiger partial charge in [0.2, 0.25) is 5.28 Å². The van der Waals surface area contributed by atoms with E-state index in [-0.39, 0.29) is 11.0 Å². The van der Waals surface area contributed by atoms with Crippen molar-refractivity contribution in [1.82, 2.24) is 15.0 Å². The highest BCUT2D eigenvalue weighted by atomic mass is 35.5. The van der Waals surface area contributed by atoms with E-state index in [0.717, 1.165) is 0 Å². The second-order valence-corrected chi connectivity index (χ2v) is 5.62. The molecule has 2 aromatic heterocycles. The van der Waals surface area contributed by atoms with E-state index in [1.807, 2.05) is 0 Å². The molecule has 0 spiro atoms. The van der Waals surface area contributed by atoms with E-state index in [1.165, 1.54) is 29.7 Å². The van der Waals surface area contributed by atoms with Crippen molar-refractivity contribution in [2.45, 2.75) is 0 Å². The Labute approximate surface area is 133 Å². The summed E-state index contributed by atoms with van der Waals surface area (Å²) in [5.41, 5.74) is 7.45. The Bertz CT molecular complexity index is 867. The number of aromatic nitrogens is 3. The number of nitro groups is 1. The Hall–Kier alpha value is -2.58. The largest absolute Gasteiger partial charge is 0.375 e. The molecular weight excluding hydrogens is 326 g/mol. The number of nitro benzene ring substituents is 1. The zero-order valence-electron chi connectivity index (χ0n) is 10.9. The number of halogens is 1. The van der Waals surface area contributed by atoms with Gasteiger partial charge in [-0.15, -0.1) is 0 Å². The second-order valence-electron chi connectivity index (χ2n) is 4.25. The van der Waals surface area contributed by atoms with E-state index in [2.05, 4.69) is 15.0 Å². The minimum atomic E-state index is -0.458. The number of benzene rings is 1. The summed E-state index contributed by atoms with van der Waals surface area (Å²) in [6, 6.07) is 7.87. The summed E-state index contributed by atoms with van der Waals surface area (Å²) in [5.74, 6) is 0. The fourth-order valence-electron chi connectivity index (χ4n) is 1.93. The van der Waals surface area contributed by atoms with Gasteiger partial charge in [-0.05, 0) is 17.7 Å². The fraction of sp³-hybridized carbons (Fsp3) is 0. The molecule has 110 valence electrons. The highest BCUT2D eigenvalue weighted by molar-refractivity contribution is 7.19. The first kappa shape index (κ1) is 14.4. The molecule has 0 amide bonds. The maximum absolute atomic E-state index is 10.9. The topological polar surface area (TPSA) is 108 Å². The third kappa shape index (κ3) is 2.74. The molecule has 0 atom stereocenters. The van der Waals surface area contributed by atoms with E-state index in [0.29, 0.717) is 27.0 Å². The molecule has 7 nitrogen and oxygen atoms in total. The van der Waals surface area contributed by atoms with Crippen LogP contribution in [0.3, 0.4) is 0 Å². The summed E-state index contributed by atoms with van der Waals surface area (Å²) in [4.78, 5) is 23.4. The van der Waals surface area contributed by atoms with Gasteiger partial charge in [0.05, 0.1) is 21.2 Å². The zero-order valence-corrected chi connectivity index (χ0v) is 12.5. The monoisotopic (exact) mass is 333 g/mol. The quantitative estimate of drug-likeness (QED) is 0.447. The number of nitrogen functional groups attached to an aromatic ring is 1. The Morgan fingerprint density at radius 1 is 1.27 bits per heavy atom. The molecule has 3 rings (SSSR count). The molecule has 3 aromatic rings. The predicted molar refractivity (Wildman–Crippen MR) is 84.7 cm³/mol. The molecule has 0 aliphatic carbocycles. The molecule has 0 bridgehead atoms. The number of nitrogens with two attached hydrogens (primary N) is 1. The van der Waals surface area contributed by atoms with Crippen LogP contribution in [-0.2, 0) is 0 Å². The van der Waals surface area contributed by atoms with E-state index in [4.69, 9.17) is 17.3 Å². The van der Waals surface area contributed by atoms with Crippen molar-refractivity contribution in [3.63, 3.8) is 0 Å². The van der Waals surface area contributed by atoms with Crippen molar-refractivity contribution in [3.05, 3.63) is 51.9 Å². The molecule has 2 N–H and O–H groups in total. The Balaban J connectivity index is 2.16. The molecule has 0 aliphatic heterocycles. The van der Waals surface area contributed by atoms with Crippen LogP contribution in [0, 0.1) is 10.1 Å². The summed E-state index contributed by atoms with van der Waals surface area (Å²) in [6.45, 7) is 0. The maximum atomic E-state index is 10.9. The Morgan fingerprint density at radius 3 is 2.82 bits per heavy atom. The summed E-state index contributed by atoms with van der Waals surface area (Å²) in [7, 11) is 0. The summed E-state index contributed by atoms with van der Waals surface area (Å²) in [6.07, 6.45) is 1.53. The first-order valence-corrected chi connectivity index (χ1v) is 7.24. The first-order chi connectivity index (χ1) is 10.5. The molecular formula is C13H8ClN5O2S. The molecule has 0 radical (unpaired) electrons. The number of thiazole rings is 1. The van der Waals surface area contributed by atoms with Crippen LogP contribution in [0.15, 0.2) is 36.5 Å². The van der Waals surface area contributed by atoms with Crippen LogP contribution in [-0.4, -0.2) is 19.9 Å². The average Bonchev–Trinajstić information content (AvgIpc) is 2.89. The van der Waals surface area contributed by atoms with Crippen molar-refractivity contribution in [3.8, 4) is 21.8 Å². The lowest BCUT2D eigenvalue weighted by Gasteiger charge is -2.02. The van der Waals surface area contributed by atoms with E-state index >= 15 is 0 Å². The lowest BCUT2D eigenvalue weighted by Crippen LogP contribution is -1.90. The Kier molecular flexibility index (Phi) is 3.70. The minimum Gasteiger partial charge on any atom is -0.375 e. The van der Waals surface area contributed by atoms with Crippen LogP contribution < -0.4 is 5.73 Å². The van der Waals surface area contributed by atoms with Gasteiger partial charge in [-0.25, -0.2) is 15.0 Å². The smallest absolute Gasteiger partial charge is 0.270 e. The van der Waals surface area contributed by atoms with Gasteiger partial charge in [0, 0.05) is 23.9 Å². The standard InChI is InChI=1S/C13H8ClN5O2S/c14-12-16-5-4-9(17-12)11-10(18-13(15)22-11)7-2-1-3-8(6-7)19(20)21/h1-6H,(H2,15,18). The molecule has 22 heavy (non-hydrogen) atoms. The highest BCUT2D eigenvalue weighted by Crippen LogP contribution is 2.38. The molecule has 0 saturated carbocycles. The zero-order chi connectivity index (χ0) is 15.7. The number of rotatable bonds is 3. The van der Waals surface area contributed by atoms with Crippen LogP contribution in [0.25, 0.3) is 21.8 Å². The van der Waals surface area contributed by atoms with E-state index in [9.17, 15) is 10.1 Å². The third-order valence-electron chi connectivity index (χ3n) is 2.83. The van der Waals surface area contributed by atoms with Crippen LogP contribution in [0.5, 0.6) is 0 Å². The molecule has 0 unspecified atom stereocenters. The molecule has 9 heteroatoms. The summed E-state index contributed by atoms with van der Waals surface area (Å²) < 4.78 is 0. The molecule has 0 aliphatic rings. The molecule has 1 aromatic carbocycles. The van der Waals surface area contributed by atoms with Crippen LogP contribution in [0.2, 0.25) is 5.28 Å². The van der Waals surface area contributed by atoms with Crippen molar-refractivity contribution in [1.29, 1.82) is 0 Å². The van der Waals surface area contributed by atoms with E-state index < -0.39 is 4.92 Å². The van der Waals surface area contributed by atoms with Gasteiger partial charge in [-0.3, -0.25) is 10.1 Å². The lowest BCUT2D eigenvalue weighted by molar-refractivity contribution is -0.384. The highest BCUT2D eigenvalue weighted by Gasteiger charge is 2.17. The summed E-state index contributed by atoms with van der Waals surface area (Å²) >= 11 is 7.04. The Morgan fingerprint density at radius 2 is 2.09 bits per heavy atom. The lowest BCUT2D eigenvalue weighted by atomic mass is 10.1. The van der Waals surface area contributed by atoms with Gasteiger partial charge >= 0.3 is 0 Å². The van der Waals surface area contributed by atoms with Gasteiger partial charge in [0.1, 0.15) is 0 Å². The van der Waals surface area contributed by atoms with Crippen LogP contribution >= 0.6 is 22.9 Å². The van der Waals surface area contributed by atoms with Crippen molar-refractivity contribution >= 4 is 33.8 Å². The predicted octanol–water partition coefficient (Wildman–Crippen LogP) is 3.41. The average molecular weight is 334 g/mol. The number of nitrogens with zero attached hydrogens (tertiary/aromatic N) is 4. The van der Waals surface area contributed by atoms with Gasteiger partial charge in [-0.1, -0.05) is 23.5 Å². The number of hydrogen-bond donors (Lipinski definition) is 1. The van der Waals surface area contributed by atoms with Crippen molar-refractivity contribution in [2.75, 3.05) is 5.73 Å². The number of anilines is 1. The molecule has 0 saturated heterocycles. The normalized spacial score (nSPS) is 10.6. The summed E-state index contributed by atoms with van der Waals surface area (Å²) in [5, 5.41) is 11.4. The van der Waals surface area contributed by atoms with Gasteiger partial charge < -0.3 is 5.73 Å². The maximum Gasteiger partial charge on any atom is 0.270 e. The van der Waals surface area contributed by atoms with Gasteiger partial charge in [0.15, 0.2) is 5.13 Å². The van der Waals surface area contributed by atoms with Gasteiger partial charge in [0.25, 0.3) is 5.69 Å². The molecule has 0 fully saturated rings. The van der Waals surface area contributed by atoms with Crippen molar-refractivity contribution < 1.29 is 4.92 Å². The van der Waals surface area contributed by atoms with Crippen molar-refractivity contribution in [2.24, 2.45) is 0 Å². The van der Waals surface area contributed by atoms with Crippen LogP contribution in [0.1, 0.15) is 0 Å². The minimum absolute atomic E-state index is 0.0178. The number of non-ortho nitro benzene ring substituents is 1. The molecule has 2 heterocycles.